The van der Waals surface area contributed by atoms with Gasteiger partial charge in [-0.05, 0) is 0 Å². The van der Waals surface area contributed by atoms with Crippen molar-refractivity contribution in [2.45, 2.75) is 105 Å². The highest BCUT2D eigenvalue weighted by molar-refractivity contribution is 5.76. The lowest BCUT2D eigenvalue weighted by molar-refractivity contribution is -0.361. The summed E-state index contributed by atoms with van der Waals surface area (Å²) < 4.78 is 37.8. The summed E-state index contributed by atoms with van der Waals surface area (Å²) in [5.41, 5.74) is 0. The molecule has 0 aromatic carbocycles. The zero-order valence-corrected chi connectivity index (χ0v) is 24.3. The van der Waals surface area contributed by atoms with Gasteiger partial charge in [0.25, 0.3) is 5.79 Å². The van der Waals surface area contributed by atoms with E-state index in [0.717, 1.165) is 6.40 Å². The number of aliphatic hydroxyl groups is 9. The fraction of sp³-hybridized carbons (Fsp3) is 0.920. The van der Waals surface area contributed by atoms with Gasteiger partial charge in [0.15, 0.2) is 19.0 Å². The molecule has 0 amide bonds. The third-order valence-corrected chi connectivity index (χ3v) is 7.95. The van der Waals surface area contributed by atoms with Crippen LogP contribution in [0.5, 0.6) is 0 Å². The van der Waals surface area contributed by atoms with Gasteiger partial charge in [0.1, 0.15) is 61.0 Å². The topological polar surface area (TPSA) is 296 Å². The van der Waals surface area contributed by atoms with E-state index in [0.29, 0.717) is 0 Å². The minimum absolute atomic E-state index is 0.636. The van der Waals surface area contributed by atoms with Crippen LogP contribution in [0, 0.1) is 5.92 Å². The molecule has 19 heteroatoms. The second-order valence-electron chi connectivity index (χ2n) is 10.9. The van der Waals surface area contributed by atoms with Crippen LogP contribution in [0.1, 0.15) is 13.3 Å². The van der Waals surface area contributed by atoms with Gasteiger partial charge in [-0.25, -0.2) is 9.79 Å². The van der Waals surface area contributed by atoms with Gasteiger partial charge in [0, 0.05) is 19.4 Å². The molecule has 3 fully saturated rings. The maximum Gasteiger partial charge on any atom is 0.364 e. The first kappa shape index (κ1) is 36.8. The van der Waals surface area contributed by atoms with E-state index in [9.17, 15) is 55.9 Å². The Bertz CT molecular complexity index is 943. The number of carbonyl (C=O) groups is 1. The minimum atomic E-state index is -2.74. The Labute approximate surface area is 251 Å². The van der Waals surface area contributed by atoms with Crippen molar-refractivity contribution >= 4 is 12.4 Å². The molecule has 0 radical (unpaired) electrons. The molecule has 16 atom stereocenters. The zero-order chi connectivity index (χ0) is 32.9. The Kier molecular flexibility index (Phi) is 13.2. The highest BCUT2D eigenvalue weighted by Gasteiger charge is 2.57. The van der Waals surface area contributed by atoms with Gasteiger partial charge in [-0.15, -0.1) is 0 Å². The van der Waals surface area contributed by atoms with Gasteiger partial charge in [-0.3, -0.25) is 0 Å². The molecule has 0 spiro atoms. The highest BCUT2D eigenvalue weighted by Crippen LogP contribution is 2.36. The maximum atomic E-state index is 12.4. The second kappa shape index (κ2) is 15.8. The van der Waals surface area contributed by atoms with Crippen molar-refractivity contribution in [3.63, 3.8) is 0 Å². The Balaban J connectivity index is 1.81. The number of aliphatic hydroxyl groups excluding tert-OH is 9. The van der Waals surface area contributed by atoms with Crippen molar-refractivity contribution in [2.24, 2.45) is 10.9 Å². The van der Waals surface area contributed by atoms with Gasteiger partial charge in [0.05, 0.1) is 39.1 Å². The number of nitrogens with zero attached hydrogens (tertiary/aromatic N) is 1. The van der Waals surface area contributed by atoms with Crippen molar-refractivity contribution in [1.29, 1.82) is 0 Å². The van der Waals surface area contributed by atoms with Crippen LogP contribution >= 0.6 is 0 Å². The predicted molar refractivity (Wildman–Crippen MR) is 140 cm³/mol. The van der Waals surface area contributed by atoms with Crippen molar-refractivity contribution in [3.05, 3.63) is 0 Å². The minimum Gasteiger partial charge on any atom is -0.487 e. The molecule has 3 saturated heterocycles. The molecule has 0 saturated carbocycles. The Morgan fingerprint density at radius 1 is 1.00 bits per heavy atom. The third kappa shape index (κ3) is 7.65. The number of carboxylic acids is 1. The molecule has 0 aromatic heterocycles. The van der Waals surface area contributed by atoms with E-state index >= 15 is 0 Å². The fourth-order valence-corrected chi connectivity index (χ4v) is 5.34. The van der Waals surface area contributed by atoms with Crippen LogP contribution in [0.3, 0.4) is 0 Å². The molecule has 16 unspecified atom stereocenters. The zero-order valence-electron chi connectivity index (χ0n) is 24.3. The van der Waals surface area contributed by atoms with Crippen LogP contribution in [-0.2, 0) is 38.0 Å². The predicted octanol–water partition coefficient (Wildman–Crippen LogP) is -5.76. The number of hydrogen-bond donors (Lipinski definition) is 10. The largest absolute Gasteiger partial charge is 0.487 e. The van der Waals surface area contributed by atoms with Gasteiger partial charge in [0.2, 0.25) is 0 Å². The molecule has 0 aromatic rings. The SMILES string of the molecule is COC=NC1C(O)CC(OCC2OC(OC3C(CO)OC(OC)C(C)C3O)C(O)C(O)C2O)(C(=O)O)OC1C(O)C(O)CO. The van der Waals surface area contributed by atoms with Crippen LogP contribution in [-0.4, -0.2) is 189 Å². The van der Waals surface area contributed by atoms with E-state index in [-0.39, 0.29) is 0 Å². The summed E-state index contributed by atoms with van der Waals surface area (Å²) in [7, 11) is 2.57. The standard InChI is InChI=1S/C25H43NO18/c1-9-15(31)20(12(6-28)41-22(9)39-3)43-23-19(35)18(34)17(33)13(42-23)7-40-25(24(36)37)4-10(29)14(26-8-38-2)21(44-25)16(32)11(30)5-27/h8-23,27-35H,4-7H2,1-3H3,(H,36,37). The summed E-state index contributed by atoms with van der Waals surface area (Å²) in [6, 6.07) is -1.38. The molecule has 3 aliphatic rings. The normalized spacial score (nSPS) is 44.8. The summed E-state index contributed by atoms with van der Waals surface area (Å²) >= 11 is 0. The Hall–Kier alpha value is -1.66. The monoisotopic (exact) mass is 645 g/mol. The molecular weight excluding hydrogens is 602 g/mol. The molecule has 3 rings (SSSR count). The molecule has 3 heterocycles. The van der Waals surface area contributed by atoms with E-state index in [2.05, 4.69) is 4.99 Å². The van der Waals surface area contributed by atoms with Gasteiger partial charge in [-0.1, -0.05) is 6.92 Å². The van der Waals surface area contributed by atoms with Crippen molar-refractivity contribution in [1.82, 2.24) is 0 Å². The number of rotatable bonds is 13. The first-order chi connectivity index (χ1) is 20.8. The number of aliphatic carboxylic acids is 1. The molecule has 19 nitrogen and oxygen atoms in total. The van der Waals surface area contributed by atoms with Gasteiger partial charge in [-0.2, -0.15) is 0 Å². The van der Waals surface area contributed by atoms with Crippen LogP contribution in [0.4, 0.5) is 0 Å². The number of hydrogen-bond acceptors (Lipinski definition) is 18. The summed E-state index contributed by atoms with van der Waals surface area (Å²) in [4.78, 5) is 16.3. The molecular formula is C25H43NO18. The molecule has 0 bridgehead atoms. The van der Waals surface area contributed by atoms with E-state index in [4.69, 9.17) is 33.2 Å². The third-order valence-electron chi connectivity index (χ3n) is 7.95. The summed E-state index contributed by atoms with van der Waals surface area (Å²) in [6.45, 7) is -0.875. The number of aliphatic imine (C=N–C) groups is 1. The lowest BCUT2D eigenvalue weighted by atomic mass is 9.89. The molecule has 10 N–H and O–H groups in total. The van der Waals surface area contributed by atoms with Crippen LogP contribution in [0.15, 0.2) is 4.99 Å². The van der Waals surface area contributed by atoms with Crippen molar-refractivity contribution in [2.75, 3.05) is 34.0 Å². The fourth-order valence-electron chi connectivity index (χ4n) is 5.34. The maximum absolute atomic E-state index is 12.4. The average molecular weight is 646 g/mol. The summed E-state index contributed by atoms with van der Waals surface area (Å²) in [5.74, 6) is -5.20. The lowest BCUT2D eigenvalue weighted by Gasteiger charge is -2.47. The first-order valence-electron chi connectivity index (χ1n) is 13.8. The Morgan fingerprint density at radius 3 is 2.23 bits per heavy atom. The molecule has 0 aliphatic carbocycles. The number of carboxylic acid groups (broad SMARTS) is 1. The molecule has 256 valence electrons. The number of methoxy groups -OCH3 is 2. The van der Waals surface area contributed by atoms with E-state index in [1.807, 2.05) is 0 Å². The van der Waals surface area contributed by atoms with Crippen molar-refractivity contribution < 1.29 is 89.0 Å². The van der Waals surface area contributed by atoms with Crippen molar-refractivity contribution in [3.8, 4) is 0 Å². The first-order valence-corrected chi connectivity index (χ1v) is 13.8. The average Bonchev–Trinajstić information content (AvgIpc) is 3.01. The Morgan fingerprint density at radius 2 is 1.66 bits per heavy atom. The second-order valence-corrected chi connectivity index (χ2v) is 10.9. The smallest absolute Gasteiger partial charge is 0.364 e. The van der Waals surface area contributed by atoms with Crippen LogP contribution < -0.4 is 0 Å². The highest BCUT2D eigenvalue weighted by atomic mass is 16.8. The molecule has 3 aliphatic heterocycles. The molecule has 44 heavy (non-hydrogen) atoms. The van der Waals surface area contributed by atoms with E-state index in [1.54, 1.807) is 6.92 Å². The van der Waals surface area contributed by atoms with Gasteiger partial charge >= 0.3 is 5.97 Å². The van der Waals surface area contributed by atoms with E-state index < -0.39 is 130 Å². The quantitative estimate of drug-likeness (QED) is 0.0659. The van der Waals surface area contributed by atoms with E-state index in [1.165, 1.54) is 14.2 Å². The lowest BCUT2D eigenvalue weighted by Crippen LogP contribution is -2.65. The number of ether oxygens (including phenoxy) is 7. The summed E-state index contributed by atoms with van der Waals surface area (Å²) in [5, 5.41) is 103. The van der Waals surface area contributed by atoms with Crippen LogP contribution in [0.25, 0.3) is 0 Å². The van der Waals surface area contributed by atoms with Crippen LogP contribution in [0.2, 0.25) is 0 Å². The van der Waals surface area contributed by atoms with Gasteiger partial charge < -0.3 is 84.2 Å². The summed E-state index contributed by atoms with van der Waals surface area (Å²) in [6.07, 6.45) is -20.8.